The van der Waals surface area contributed by atoms with Gasteiger partial charge in [-0.05, 0) is 6.07 Å². The van der Waals surface area contributed by atoms with Gasteiger partial charge in [0.15, 0.2) is 0 Å². The van der Waals surface area contributed by atoms with E-state index in [1.807, 2.05) is 12.1 Å². The summed E-state index contributed by atoms with van der Waals surface area (Å²) in [6.07, 6.45) is 3.26. The average Bonchev–Trinajstić information content (AvgIpc) is 2.57. The predicted octanol–water partition coefficient (Wildman–Crippen LogP) is 1.46. The summed E-state index contributed by atoms with van der Waals surface area (Å²) in [5.74, 6) is 2.22. The second-order valence-corrected chi connectivity index (χ2v) is 4.58. The van der Waals surface area contributed by atoms with Crippen LogP contribution in [-0.4, -0.2) is 48.4 Å². The second kappa shape index (κ2) is 6.36. The molecule has 2 aromatic rings. The molecule has 1 aliphatic heterocycles. The van der Waals surface area contributed by atoms with Crippen LogP contribution in [0.5, 0.6) is 5.88 Å². The van der Waals surface area contributed by atoms with Gasteiger partial charge in [0.05, 0.1) is 32.2 Å². The van der Waals surface area contributed by atoms with E-state index in [4.69, 9.17) is 9.47 Å². The van der Waals surface area contributed by atoms with Crippen molar-refractivity contribution in [3.63, 3.8) is 0 Å². The minimum absolute atomic E-state index is 0.581. The third-order valence-electron chi connectivity index (χ3n) is 3.21. The molecule has 3 heterocycles. The van der Waals surface area contributed by atoms with Crippen molar-refractivity contribution in [1.29, 1.82) is 0 Å². The molecule has 1 saturated heterocycles. The predicted molar refractivity (Wildman–Crippen MR) is 79.1 cm³/mol. The third kappa shape index (κ3) is 3.38. The van der Waals surface area contributed by atoms with Gasteiger partial charge >= 0.3 is 0 Å². The number of hydrogen-bond donors (Lipinski definition) is 1. The summed E-state index contributed by atoms with van der Waals surface area (Å²) in [6, 6.07) is 5.62. The minimum Gasteiger partial charge on any atom is -0.481 e. The standard InChI is InChI=1S/C14H17N5O2/c1-20-14-3-2-11(9-15-14)18-12-8-13(17-10-16-12)19-4-6-21-7-5-19/h2-3,8-10H,4-7H2,1H3,(H,16,17,18). The van der Waals surface area contributed by atoms with Crippen molar-refractivity contribution in [1.82, 2.24) is 15.0 Å². The molecule has 0 spiro atoms. The van der Waals surface area contributed by atoms with Gasteiger partial charge in [-0.15, -0.1) is 0 Å². The van der Waals surface area contributed by atoms with Crippen molar-refractivity contribution in [2.24, 2.45) is 0 Å². The molecule has 3 rings (SSSR count). The van der Waals surface area contributed by atoms with Gasteiger partial charge in [0.25, 0.3) is 0 Å². The summed E-state index contributed by atoms with van der Waals surface area (Å²) >= 11 is 0. The summed E-state index contributed by atoms with van der Waals surface area (Å²) in [6.45, 7) is 3.16. The fourth-order valence-corrected chi connectivity index (χ4v) is 2.10. The molecule has 2 aromatic heterocycles. The summed E-state index contributed by atoms with van der Waals surface area (Å²) in [5.41, 5.74) is 0.849. The van der Waals surface area contributed by atoms with Gasteiger partial charge in [-0.2, -0.15) is 0 Å². The average molecular weight is 287 g/mol. The fraction of sp³-hybridized carbons (Fsp3) is 0.357. The second-order valence-electron chi connectivity index (χ2n) is 4.58. The van der Waals surface area contributed by atoms with Crippen LogP contribution in [-0.2, 0) is 4.74 Å². The van der Waals surface area contributed by atoms with E-state index < -0.39 is 0 Å². The zero-order valence-corrected chi connectivity index (χ0v) is 11.8. The normalized spacial score (nSPS) is 14.8. The van der Waals surface area contributed by atoms with E-state index in [1.54, 1.807) is 25.7 Å². The van der Waals surface area contributed by atoms with Crippen LogP contribution in [0.3, 0.4) is 0 Å². The van der Waals surface area contributed by atoms with Crippen molar-refractivity contribution < 1.29 is 9.47 Å². The smallest absolute Gasteiger partial charge is 0.213 e. The molecule has 0 saturated carbocycles. The molecular weight excluding hydrogens is 270 g/mol. The zero-order valence-electron chi connectivity index (χ0n) is 11.8. The number of pyridine rings is 1. The molecule has 7 nitrogen and oxygen atoms in total. The highest BCUT2D eigenvalue weighted by Gasteiger charge is 2.13. The van der Waals surface area contributed by atoms with Gasteiger partial charge in [-0.3, -0.25) is 0 Å². The van der Waals surface area contributed by atoms with Gasteiger partial charge in [-0.1, -0.05) is 0 Å². The molecule has 7 heteroatoms. The lowest BCUT2D eigenvalue weighted by atomic mass is 10.3. The third-order valence-corrected chi connectivity index (χ3v) is 3.21. The maximum absolute atomic E-state index is 5.35. The number of hydrogen-bond acceptors (Lipinski definition) is 7. The molecule has 1 aliphatic rings. The van der Waals surface area contributed by atoms with Crippen LogP contribution in [0.15, 0.2) is 30.7 Å². The van der Waals surface area contributed by atoms with E-state index in [9.17, 15) is 0 Å². The molecular formula is C14H17N5O2. The van der Waals surface area contributed by atoms with Crippen LogP contribution in [0.25, 0.3) is 0 Å². The number of rotatable bonds is 4. The van der Waals surface area contributed by atoms with Crippen LogP contribution < -0.4 is 15.0 Å². The number of morpholine rings is 1. The van der Waals surface area contributed by atoms with Gasteiger partial charge in [0, 0.05) is 25.2 Å². The number of ether oxygens (including phenoxy) is 2. The maximum atomic E-state index is 5.35. The number of nitrogens with one attached hydrogen (secondary N) is 1. The molecule has 0 radical (unpaired) electrons. The van der Waals surface area contributed by atoms with Gasteiger partial charge in [0.2, 0.25) is 5.88 Å². The summed E-state index contributed by atoms with van der Waals surface area (Å²) in [7, 11) is 1.59. The molecule has 0 atom stereocenters. The number of methoxy groups -OCH3 is 1. The van der Waals surface area contributed by atoms with E-state index in [1.165, 1.54) is 0 Å². The van der Waals surface area contributed by atoms with E-state index in [2.05, 4.69) is 25.2 Å². The van der Waals surface area contributed by atoms with E-state index in [0.717, 1.165) is 43.6 Å². The van der Waals surface area contributed by atoms with Gasteiger partial charge in [0.1, 0.15) is 18.0 Å². The molecule has 0 unspecified atom stereocenters. The largest absolute Gasteiger partial charge is 0.481 e. The molecule has 21 heavy (non-hydrogen) atoms. The van der Waals surface area contributed by atoms with E-state index >= 15 is 0 Å². The Bertz CT molecular complexity index is 584. The zero-order chi connectivity index (χ0) is 14.5. The SMILES string of the molecule is COc1ccc(Nc2cc(N3CCOCC3)ncn2)cn1. The number of anilines is 3. The first-order valence-electron chi connectivity index (χ1n) is 6.77. The first kappa shape index (κ1) is 13.6. The topological polar surface area (TPSA) is 72.4 Å². The first-order chi connectivity index (χ1) is 10.3. The van der Waals surface area contributed by atoms with Crippen molar-refractivity contribution >= 4 is 17.3 Å². The van der Waals surface area contributed by atoms with Crippen LogP contribution in [0, 0.1) is 0 Å². The van der Waals surface area contributed by atoms with Crippen LogP contribution in [0.2, 0.25) is 0 Å². The van der Waals surface area contributed by atoms with Crippen molar-refractivity contribution in [2.75, 3.05) is 43.6 Å². The van der Waals surface area contributed by atoms with E-state index in [0.29, 0.717) is 5.88 Å². The molecule has 110 valence electrons. The number of nitrogens with zero attached hydrogens (tertiary/aromatic N) is 4. The lowest BCUT2D eigenvalue weighted by Gasteiger charge is -2.27. The molecule has 1 fully saturated rings. The Morgan fingerprint density at radius 1 is 1.19 bits per heavy atom. The van der Waals surface area contributed by atoms with E-state index in [-0.39, 0.29) is 0 Å². The maximum Gasteiger partial charge on any atom is 0.213 e. The number of aromatic nitrogens is 3. The molecule has 0 aromatic carbocycles. The highest BCUT2D eigenvalue weighted by Crippen LogP contribution is 2.19. The summed E-state index contributed by atoms with van der Waals surface area (Å²) in [5, 5.41) is 3.21. The Hall–Kier alpha value is -2.41. The molecule has 0 aliphatic carbocycles. The molecule has 0 bridgehead atoms. The highest BCUT2D eigenvalue weighted by molar-refractivity contribution is 5.58. The Morgan fingerprint density at radius 3 is 2.76 bits per heavy atom. The molecule has 0 amide bonds. The minimum atomic E-state index is 0.581. The monoisotopic (exact) mass is 287 g/mol. The van der Waals surface area contributed by atoms with Crippen LogP contribution in [0.1, 0.15) is 0 Å². The Kier molecular flexibility index (Phi) is 4.11. The lowest BCUT2D eigenvalue weighted by molar-refractivity contribution is 0.122. The van der Waals surface area contributed by atoms with Crippen molar-refractivity contribution in [2.45, 2.75) is 0 Å². The van der Waals surface area contributed by atoms with Crippen LogP contribution in [0.4, 0.5) is 17.3 Å². The lowest BCUT2D eigenvalue weighted by Crippen LogP contribution is -2.36. The van der Waals surface area contributed by atoms with Gasteiger partial charge in [-0.25, -0.2) is 15.0 Å². The summed E-state index contributed by atoms with van der Waals surface area (Å²) < 4.78 is 10.4. The Labute approximate surface area is 123 Å². The Balaban J connectivity index is 1.72. The summed E-state index contributed by atoms with van der Waals surface area (Å²) in [4.78, 5) is 14.9. The Morgan fingerprint density at radius 2 is 2.05 bits per heavy atom. The van der Waals surface area contributed by atoms with Crippen molar-refractivity contribution in [3.05, 3.63) is 30.7 Å². The fourth-order valence-electron chi connectivity index (χ4n) is 2.10. The van der Waals surface area contributed by atoms with Crippen LogP contribution >= 0.6 is 0 Å². The van der Waals surface area contributed by atoms with Gasteiger partial charge < -0.3 is 19.7 Å². The van der Waals surface area contributed by atoms with Crippen molar-refractivity contribution in [3.8, 4) is 5.88 Å². The first-order valence-corrected chi connectivity index (χ1v) is 6.77. The molecule has 1 N–H and O–H groups in total. The highest BCUT2D eigenvalue weighted by atomic mass is 16.5. The quantitative estimate of drug-likeness (QED) is 0.912.